The van der Waals surface area contributed by atoms with Crippen LogP contribution >= 0.6 is 11.3 Å². The molecule has 206 valence electrons. The Bertz CT molecular complexity index is 1310. The van der Waals surface area contributed by atoms with Gasteiger partial charge in [0, 0.05) is 55.8 Å². The molecule has 5 rings (SSSR count). The van der Waals surface area contributed by atoms with Crippen LogP contribution in [0.2, 0.25) is 0 Å². The van der Waals surface area contributed by atoms with Crippen LogP contribution in [0.5, 0.6) is 0 Å². The first kappa shape index (κ1) is 27.3. The molecule has 0 aliphatic carbocycles. The van der Waals surface area contributed by atoms with Gasteiger partial charge in [-0.15, -0.1) is 11.3 Å². The molecule has 0 saturated carbocycles. The summed E-state index contributed by atoms with van der Waals surface area (Å²) in [5.41, 5.74) is 4.15. The van der Waals surface area contributed by atoms with Gasteiger partial charge in [0.2, 0.25) is 5.91 Å². The fourth-order valence-corrected chi connectivity index (χ4v) is 6.61. The molecule has 3 amide bonds. The van der Waals surface area contributed by atoms with E-state index in [9.17, 15) is 14.0 Å². The third-order valence-electron chi connectivity index (χ3n) is 7.91. The van der Waals surface area contributed by atoms with Crippen molar-refractivity contribution in [1.82, 2.24) is 14.7 Å². The number of hydrogen-bond donors (Lipinski definition) is 1. The van der Waals surface area contributed by atoms with E-state index in [4.69, 9.17) is 0 Å². The number of nitrogens with zero attached hydrogens (tertiary/aromatic N) is 3. The summed E-state index contributed by atoms with van der Waals surface area (Å²) < 4.78 is 14.1. The first-order chi connectivity index (χ1) is 18.8. The molecule has 1 N–H and O–H groups in total. The van der Waals surface area contributed by atoms with E-state index in [1.165, 1.54) is 22.1 Å². The minimum absolute atomic E-state index is 0.0439. The van der Waals surface area contributed by atoms with Crippen molar-refractivity contribution >= 4 is 29.0 Å². The fourth-order valence-electron chi connectivity index (χ4n) is 5.71. The lowest BCUT2D eigenvalue weighted by atomic mass is 9.93. The standard InChI is InChI=1S/C31H37FN4O2S/c1-21(2)23-7-9-26(10-8-23)33-31(38)36-17-16-35(20-22(36)3)29(37)12-15-34-14-11-28-27(13-18-39-28)30(34)24-5-4-6-25(32)19-24/h4-10,13,18-19,21-22,30H,11-12,14-17,20H2,1-3H3,(H,33,38)/t22-,30+/m0/s1. The van der Waals surface area contributed by atoms with Crippen LogP contribution in [0.4, 0.5) is 14.9 Å². The van der Waals surface area contributed by atoms with Gasteiger partial charge >= 0.3 is 6.03 Å². The number of carbonyl (C=O) groups excluding carboxylic acids is 2. The van der Waals surface area contributed by atoms with Gasteiger partial charge < -0.3 is 15.1 Å². The molecule has 6 nitrogen and oxygen atoms in total. The molecular weight excluding hydrogens is 511 g/mol. The second-order valence-corrected chi connectivity index (χ2v) is 11.9. The molecule has 1 fully saturated rings. The largest absolute Gasteiger partial charge is 0.339 e. The lowest BCUT2D eigenvalue weighted by Gasteiger charge is -2.40. The van der Waals surface area contributed by atoms with E-state index in [0.29, 0.717) is 38.5 Å². The van der Waals surface area contributed by atoms with Crippen molar-refractivity contribution < 1.29 is 14.0 Å². The van der Waals surface area contributed by atoms with Gasteiger partial charge in [0.1, 0.15) is 5.82 Å². The van der Waals surface area contributed by atoms with Crippen molar-refractivity contribution in [1.29, 1.82) is 0 Å². The van der Waals surface area contributed by atoms with E-state index in [1.54, 1.807) is 23.5 Å². The Morgan fingerprint density at radius 1 is 1.08 bits per heavy atom. The Morgan fingerprint density at radius 3 is 2.59 bits per heavy atom. The Kier molecular flexibility index (Phi) is 8.33. The molecule has 39 heavy (non-hydrogen) atoms. The number of carbonyl (C=O) groups is 2. The van der Waals surface area contributed by atoms with Crippen LogP contribution in [-0.2, 0) is 11.2 Å². The number of benzene rings is 2. The molecule has 8 heteroatoms. The summed E-state index contributed by atoms with van der Waals surface area (Å²) in [6.07, 6.45) is 1.34. The first-order valence-electron chi connectivity index (χ1n) is 13.8. The van der Waals surface area contributed by atoms with Crippen LogP contribution < -0.4 is 5.32 Å². The van der Waals surface area contributed by atoms with Crippen LogP contribution in [0.15, 0.2) is 60.0 Å². The van der Waals surface area contributed by atoms with Gasteiger partial charge in [-0.05, 0) is 71.7 Å². The van der Waals surface area contributed by atoms with Gasteiger partial charge in [-0.25, -0.2) is 9.18 Å². The average molecular weight is 549 g/mol. The van der Waals surface area contributed by atoms with Gasteiger partial charge in [-0.2, -0.15) is 0 Å². The highest BCUT2D eigenvalue weighted by molar-refractivity contribution is 7.10. The van der Waals surface area contributed by atoms with E-state index in [1.807, 2.05) is 47.1 Å². The number of anilines is 1. The summed E-state index contributed by atoms with van der Waals surface area (Å²) >= 11 is 1.75. The third kappa shape index (κ3) is 6.17. The Balaban J connectivity index is 1.17. The Morgan fingerprint density at radius 2 is 1.87 bits per heavy atom. The number of amides is 3. The maximum atomic E-state index is 14.1. The Labute approximate surface area is 234 Å². The molecule has 0 spiro atoms. The highest BCUT2D eigenvalue weighted by Gasteiger charge is 2.32. The number of thiophene rings is 1. The number of fused-ring (bicyclic) bond motifs is 1. The molecule has 2 aromatic carbocycles. The van der Waals surface area contributed by atoms with E-state index >= 15 is 0 Å². The van der Waals surface area contributed by atoms with Gasteiger partial charge in [0.15, 0.2) is 0 Å². The van der Waals surface area contributed by atoms with Crippen LogP contribution in [0, 0.1) is 5.82 Å². The summed E-state index contributed by atoms with van der Waals surface area (Å²) in [6.45, 7) is 9.25. The number of hydrogen-bond acceptors (Lipinski definition) is 4. The molecule has 0 bridgehead atoms. The van der Waals surface area contributed by atoms with Gasteiger partial charge in [0.25, 0.3) is 0 Å². The van der Waals surface area contributed by atoms with Gasteiger partial charge in [-0.3, -0.25) is 9.69 Å². The predicted octanol–water partition coefficient (Wildman–Crippen LogP) is 6.11. The number of rotatable bonds is 6. The number of nitrogens with one attached hydrogen (secondary N) is 1. The topological polar surface area (TPSA) is 55.9 Å². The summed E-state index contributed by atoms with van der Waals surface area (Å²) in [5.74, 6) is 0.297. The summed E-state index contributed by atoms with van der Waals surface area (Å²) in [7, 11) is 0. The smallest absolute Gasteiger partial charge is 0.322 e. The lowest BCUT2D eigenvalue weighted by Crippen LogP contribution is -2.56. The summed E-state index contributed by atoms with van der Waals surface area (Å²) in [4.78, 5) is 33.5. The van der Waals surface area contributed by atoms with Gasteiger partial charge in [-0.1, -0.05) is 38.1 Å². The molecule has 0 unspecified atom stereocenters. The first-order valence-corrected chi connectivity index (χ1v) is 14.7. The fraction of sp³-hybridized carbons (Fsp3) is 0.419. The van der Waals surface area contributed by atoms with Crippen molar-refractivity contribution in [3.05, 3.63) is 87.4 Å². The zero-order valence-corrected chi connectivity index (χ0v) is 23.7. The van der Waals surface area contributed by atoms with Crippen molar-refractivity contribution in [2.24, 2.45) is 0 Å². The molecular formula is C31H37FN4O2S. The van der Waals surface area contributed by atoms with Crippen LogP contribution in [0.3, 0.4) is 0 Å². The summed E-state index contributed by atoms with van der Waals surface area (Å²) in [6, 6.07) is 16.6. The average Bonchev–Trinajstić information content (AvgIpc) is 3.40. The van der Waals surface area contributed by atoms with Crippen molar-refractivity contribution in [3.63, 3.8) is 0 Å². The number of halogens is 1. The van der Waals surface area contributed by atoms with Crippen molar-refractivity contribution in [3.8, 4) is 0 Å². The zero-order chi connectivity index (χ0) is 27.5. The number of piperazine rings is 1. The van der Waals surface area contributed by atoms with Crippen LogP contribution in [0.1, 0.15) is 60.7 Å². The van der Waals surface area contributed by atoms with Crippen molar-refractivity contribution in [2.75, 3.05) is 38.0 Å². The van der Waals surface area contributed by atoms with Crippen LogP contribution in [0.25, 0.3) is 0 Å². The van der Waals surface area contributed by atoms with Crippen LogP contribution in [-0.4, -0.2) is 65.4 Å². The van der Waals surface area contributed by atoms with E-state index < -0.39 is 0 Å². The minimum Gasteiger partial charge on any atom is -0.339 e. The summed E-state index contributed by atoms with van der Waals surface area (Å²) in [5, 5.41) is 5.10. The second kappa shape index (κ2) is 11.9. The molecule has 3 heterocycles. The normalized spacial score (nSPS) is 19.7. The van der Waals surface area contributed by atoms with E-state index in [-0.39, 0.29) is 29.8 Å². The molecule has 1 saturated heterocycles. The predicted molar refractivity (Wildman–Crippen MR) is 155 cm³/mol. The highest BCUT2D eigenvalue weighted by Crippen LogP contribution is 2.38. The van der Waals surface area contributed by atoms with E-state index in [2.05, 4.69) is 35.5 Å². The van der Waals surface area contributed by atoms with E-state index in [0.717, 1.165) is 24.2 Å². The molecule has 2 aliphatic rings. The molecule has 2 atom stereocenters. The molecule has 2 aliphatic heterocycles. The lowest BCUT2D eigenvalue weighted by molar-refractivity contribution is -0.134. The SMILES string of the molecule is CC(C)c1ccc(NC(=O)N2CCN(C(=O)CCN3CCc4sccc4[C@H]3c3cccc(F)c3)C[C@@H]2C)cc1. The second-order valence-electron chi connectivity index (χ2n) is 10.9. The molecule has 0 radical (unpaired) electrons. The maximum absolute atomic E-state index is 14.1. The molecule has 1 aromatic heterocycles. The molecule has 3 aromatic rings. The van der Waals surface area contributed by atoms with Crippen molar-refractivity contribution in [2.45, 2.75) is 51.6 Å². The Hall–Kier alpha value is -3.23. The van der Waals surface area contributed by atoms with Gasteiger partial charge in [0.05, 0.1) is 6.04 Å². The zero-order valence-electron chi connectivity index (χ0n) is 22.9. The maximum Gasteiger partial charge on any atom is 0.322 e. The quantitative estimate of drug-likeness (QED) is 0.404. The minimum atomic E-state index is -0.241. The highest BCUT2D eigenvalue weighted by atomic mass is 32.1. The monoisotopic (exact) mass is 548 g/mol. The number of urea groups is 1. The third-order valence-corrected chi connectivity index (χ3v) is 8.91.